The first-order valence-electron chi connectivity index (χ1n) is 7.68. The van der Waals surface area contributed by atoms with E-state index >= 15 is 0 Å². The highest BCUT2D eigenvalue weighted by atomic mass is 16.5. The van der Waals surface area contributed by atoms with Crippen LogP contribution in [0.4, 0.5) is 0 Å². The molecule has 0 amide bonds. The van der Waals surface area contributed by atoms with E-state index in [9.17, 15) is 0 Å². The lowest BCUT2D eigenvalue weighted by Gasteiger charge is -2.18. The quantitative estimate of drug-likeness (QED) is 0.730. The third-order valence-corrected chi connectivity index (χ3v) is 3.94. The van der Waals surface area contributed by atoms with Gasteiger partial charge in [0.2, 0.25) is 0 Å². The molecular weight excluding hydrogens is 234 g/mol. The Morgan fingerprint density at radius 3 is 2.58 bits per heavy atom. The zero-order valence-electron chi connectivity index (χ0n) is 12.3. The van der Waals surface area contributed by atoms with Crippen molar-refractivity contribution in [3.8, 4) is 5.75 Å². The van der Waals surface area contributed by atoms with E-state index in [4.69, 9.17) is 4.74 Å². The first-order chi connectivity index (χ1) is 9.31. The summed E-state index contributed by atoms with van der Waals surface area (Å²) >= 11 is 0. The molecule has 0 aromatic heterocycles. The smallest absolute Gasteiger partial charge is 0.118 e. The fraction of sp³-hybridized carbons (Fsp3) is 0.647. The molecular formula is C17H27NO. The van der Waals surface area contributed by atoms with Gasteiger partial charge in [0.1, 0.15) is 5.75 Å². The van der Waals surface area contributed by atoms with Crippen molar-refractivity contribution in [3.05, 3.63) is 29.8 Å². The summed E-state index contributed by atoms with van der Waals surface area (Å²) in [5.41, 5.74) is 1.42. The minimum atomic E-state index is 0.703. The second-order valence-electron chi connectivity index (χ2n) is 5.72. The maximum Gasteiger partial charge on any atom is 0.118 e. The monoisotopic (exact) mass is 261 g/mol. The lowest BCUT2D eigenvalue weighted by Crippen LogP contribution is -2.30. The normalized spacial score (nSPS) is 16.3. The third-order valence-electron chi connectivity index (χ3n) is 3.94. The molecule has 1 aliphatic carbocycles. The van der Waals surface area contributed by atoms with Gasteiger partial charge in [-0.05, 0) is 55.8 Å². The maximum atomic E-state index is 5.20. The molecule has 0 aliphatic heterocycles. The van der Waals surface area contributed by atoms with Gasteiger partial charge in [0.25, 0.3) is 0 Å². The van der Waals surface area contributed by atoms with Crippen LogP contribution >= 0.6 is 0 Å². The van der Waals surface area contributed by atoms with Gasteiger partial charge in [0.15, 0.2) is 0 Å². The van der Waals surface area contributed by atoms with Gasteiger partial charge in [-0.3, -0.25) is 0 Å². The van der Waals surface area contributed by atoms with Crippen LogP contribution in [0.1, 0.15) is 44.6 Å². The topological polar surface area (TPSA) is 21.3 Å². The first kappa shape index (κ1) is 14.4. The molecule has 1 saturated carbocycles. The van der Waals surface area contributed by atoms with Gasteiger partial charge >= 0.3 is 0 Å². The molecule has 0 saturated heterocycles. The number of hydrogen-bond acceptors (Lipinski definition) is 2. The molecule has 0 bridgehead atoms. The molecule has 1 aliphatic rings. The summed E-state index contributed by atoms with van der Waals surface area (Å²) in [6, 6.07) is 9.20. The van der Waals surface area contributed by atoms with E-state index in [-0.39, 0.29) is 0 Å². The van der Waals surface area contributed by atoms with E-state index in [0.717, 1.165) is 24.6 Å². The van der Waals surface area contributed by atoms with Crippen LogP contribution in [0.5, 0.6) is 5.75 Å². The Labute approximate surface area is 117 Å². The second kappa shape index (κ2) is 7.54. The molecule has 2 heteroatoms. The minimum absolute atomic E-state index is 0.703. The van der Waals surface area contributed by atoms with Crippen molar-refractivity contribution < 1.29 is 4.74 Å². The van der Waals surface area contributed by atoms with Crippen LogP contribution in [0, 0.1) is 5.92 Å². The third kappa shape index (κ3) is 5.23. The summed E-state index contributed by atoms with van der Waals surface area (Å²) in [5.74, 6) is 1.95. The second-order valence-corrected chi connectivity index (χ2v) is 5.72. The van der Waals surface area contributed by atoms with Crippen LogP contribution in [-0.2, 0) is 6.42 Å². The number of rotatable bonds is 9. The van der Waals surface area contributed by atoms with E-state index in [1.807, 2.05) is 0 Å². The molecule has 19 heavy (non-hydrogen) atoms. The zero-order valence-corrected chi connectivity index (χ0v) is 12.3. The van der Waals surface area contributed by atoms with E-state index in [2.05, 4.69) is 36.5 Å². The van der Waals surface area contributed by atoms with Gasteiger partial charge in [0.05, 0.1) is 7.11 Å². The predicted molar refractivity (Wildman–Crippen MR) is 80.7 cm³/mol. The van der Waals surface area contributed by atoms with Gasteiger partial charge in [-0.25, -0.2) is 0 Å². The molecule has 1 unspecified atom stereocenters. The van der Waals surface area contributed by atoms with Crippen molar-refractivity contribution in [2.24, 2.45) is 5.92 Å². The largest absolute Gasteiger partial charge is 0.497 e. The number of benzene rings is 1. The van der Waals surface area contributed by atoms with Gasteiger partial charge in [-0.15, -0.1) is 0 Å². The van der Waals surface area contributed by atoms with Crippen LogP contribution in [0.25, 0.3) is 0 Å². The average molecular weight is 261 g/mol. The minimum Gasteiger partial charge on any atom is -0.497 e. The van der Waals surface area contributed by atoms with Crippen molar-refractivity contribution in [3.63, 3.8) is 0 Å². The van der Waals surface area contributed by atoms with Crippen LogP contribution in [0.15, 0.2) is 24.3 Å². The molecule has 2 rings (SSSR count). The molecule has 0 radical (unpaired) electrons. The summed E-state index contributed by atoms with van der Waals surface area (Å²) in [7, 11) is 1.72. The highest BCUT2D eigenvalue weighted by Crippen LogP contribution is 2.34. The van der Waals surface area contributed by atoms with Crippen molar-refractivity contribution >= 4 is 0 Å². The van der Waals surface area contributed by atoms with Gasteiger partial charge in [0, 0.05) is 6.04 Å². The molecule has 2 nitrogen and oxygen atoms in total. The van der Waals surface area contributed by atoms with Crippen molar-refractivity contribution in [1.82, 2.24) is 5.32 Å². The highest BCUT2D eigenvalue weighted by Gasteiger charge is 2.24. The zero-order chi connectivity index (χ0) is 13.5. The predicted octanol–water partition coefficient (Wildman–Crippen LogP) is 3.80. The molecule has 0 spiro atoms. The van der Waals surface area contributed by atoms with E-state index in [1.165, 1.54) is 37.7 Å². The van der Waals surface area contributed by atoms with Crippen LogP contribution in [0.3, 0.4) is 0 Å². The maximum absolute atomic E-state index is 5.20. The summed E-state index contributed by atoms with van der Waals surface area (Å²) in [6.07, 6.45) is 7.92. The molecule has 1 fully saturated rings. The molecule has 106 valence electrons. The standard InChI is InChI=1S/C17H27NO/c1-3-12-18-16(13-15-4-5-15)9-6-14-7-10-17(19-2)11-8-14/h7-8,10-11,15-16,18H,3-6,9,12-13H2,1-2H3. The average Bonchev–Trinajstić information content (AvgIpc) is 3.26. The number of ether oxygens (including phenoxy) is 1. The Morgan fingerprint density at radius 2 is 2.00 bits per heavy atom. The number of nitrogens with one attached hydrogen (secondary N) is 1. The summed E-state index contributed by atoms with van der Waals surface area (Å²) < 4.78 is 5.20. The highest BCUT2D eigenvalue weighted by molar-refractivity contribution is 5.27. The molecule has 1 atom stereocenters. The number of aryl methyl sites for hydroxylation is 1. The molecule has 0 heterocycles. The van der Waals surface area contributed by atoms with E-state index < -0.39 is 0 Å². The Morgan fingerprint density at radius 1 is 1.26 bits per heavy atom. The fourth-order valence-corrected chi connectivity index (χ4v) is 2.54. The van der Waals surface area contributed by atoms with Crippen molar-refractivity contribution in [2.75, 3.05) is 13.7 Å². The Kier molecular flexibility index (Phi) is 5.71. The van der Waals surface area contributed by atoms with Gasteiger partial charge in [-0.2, -0.15) is 0 Å². The lowest BCUT2D eigenvalue weighted by atomic mass is 10.0. The Balaban J connectivity index is 1.78. The lowest BCUT2D eigenvalue weighted by molar-refractivity contribution is 0.414. The van der Waals surface area contributed by atoms with Crippen LogP contribution in [0.2, 0.25) is 0 Å². The van der Waals surface area contributed by atoms with Crippen LogP contribution < -0.4 is 10.1 Å². The molecule has 1 aromatic carbocycles. The van der Waals surface area contributed by atoms with Crippen LogP contribution in [-0.4, -0.2) is 19.7 Å². The molecule has 1 aromatic rings. The summed E-state index contributed by atoms with van der Waals surface area (Å²) in [6.45, 7) is 3.39. The van der Waals surface area contributed by atoms with Gasteiger partial charge in [-0.1, -0.05) is 31.9 Å². The van der Waals surface area contributed by atoms with E-state index in [0.29, 0.717) is 6.04 Å². The SMILES string of the molecule is CCCNC(CCc1ccc(OC)cc1)CC1CC1. The Hall–Kier alpha value is -1.02. The van der Waals surface area contributed by atoms with Gasteiger partial charge < -0.3 is 10.1 Å². The number of methoxy groups -OCH3 is 1. The summed E-state index contributed by atoms with van der Waals surface area (Å²) in [4.78, 5) is 0. The fourth-order valence-electron chi connectivity index (χ4n) is 2.54. The molecule has 1 N–H and O–H groups in total. The first-order valence-corrected chi connectivity index (χ1v) is 7.68. The van der Waals surface area contributed by atoms with Crippen molar-refractivity contribution in [1.29, 1.82) is 0 Å². The summed E-state index contributed by atoms with van der Waals surface area (Å²) in [5, 5.41) is 3.71. The van der Waals surface area contributed by atoms with Crippen molar-refractivity contribution in [2.45, 2.75) is 51.5 Å². The number of hydrogen-bond donors (Lipinski definition) is 1. The Bertz CT molecular complexity index is 356. The van der Waals surface area contributed by atoms with E-state index in [1.54, 1.807) is 7.11 Å².